The Morgan fingerprint density at radius 1 is 0.935 bits per heavy atom. The number of carbonyl (C=O) groups excluding carboxylic acids is 1. The van der Waals surface area contributed by atoms with E-state index < -0.39 is 27.2 Å². The molecule has 0 saturated carbocycles. The first-order valence-electron chi connectivity index (χ1n) is 9.21. The van der Waals surface area contributed by atoms with E-state index in [1.165, 1.54) is 48.5 Å². The van der Waals surface area contributed by atoms with Crippen molar-refractivity contribution >= 4 is 32.5 Å². The summed E-state index contributed by atoms with van der Waals surface area (Å²) in [7, 11) is -3.79. The van der Waals surface area contributed by atoms with Crippen molar-refractivity contribution in [2.24, 2.45) is 0 Å². The van der Waals surface area contributed by atoms with E-state index in [2.05, 4.69) is 4.72 Å². The molecule has 0 atom stereocenters. The zero-order valence-electron chi connectivity index (χ0n) is 16.3. The van der Waals surface area contributed by atoms with Gasteiger partial charge in [0.2, 0.25) is 0 Å². The molecular formula is C23H16FNO5S. The van der Waals surface area contributed by atoms with Gasteiger partial charge in [0.1, 0.15) is 17.0 Å². The maximum atomic E-state index is 13.5. The number of halogens is 1. The van der Waals surface area contributed by atoms with Crippen LogP contribution in [0.2, 0.25) is 0 Å². The average Bonchev–Trinajstić information content (AvgIpc) is 2.73. The van der Waals surface area contributed by atoms with Gasteiger partial charge in [0.05, 0.1) is 4.90 Å². The SMILES string of the molecule is Cc1ccc(S(=O)(=O)Nc2ccc(C(=O)c3cc4cc(F)ccc4oc3=O)cc2)cc1. The summed E-state index contributed by atoms with van der Waals surface area (Å²) in [6.07, 6.45) is 0. The molecule has 0 fully saturated rings. The number of ketones is 1. The number of fused-ring (bicyclic) bond motifs is 1. The standard InChI is InChI=1S/C23H16FNO5S/c1-14-2-9-19(10-3-14)31(28,29)25-18-7-4-15(5-8-18)22(26)20-13-16-12-17(24)6-11-21(16)30-23(20)27/h2-13,25H,1H3. The van der Waals surface area contributed by atoms with E-state index in [9.17, 15) is 22.4 Å². The quantitative estimate of drug-likeness (QED) is 0.372. The zero-order chi connectivity index (χ0) is 22.2. The van der Waals surface area contributed by atoms with E-state index in [0.717, 1.165) is 17.7 Å². The topological polar surface area (TPSA) is 93.4 Å². The van der Waals surface area contributed by atoms with E-state index in [4.69, 9.17) is 4.42 Å². The highest BCUT2D eigenvalue weighted by molar-refractivity contribution is 7.92. The van der Waals surface area contributed by atoms with E-state index >= 15 is 0 Å². The summed E-state index contributed by atoms with van der Waals surface area (Å²) in [5.74, 6) is -1.14. The number of carbonyl (C=O) groups is 1. The Bertz CT molecular complexity index is 1460. The van der Waals surface area contributed by atoms with Gasteiger partial charge in [-0.25, -0.2) is 17.6 Å². The highest BCUT2D eigenvalue weighted by Crippen LogP contribution is 2.20. The van der Waals surface area contributed by atoms with Crippen molar-refractivity contribution in [3.63, 3.8) is 0 Å². The van der Waals surface area contributed by atoms with Crippen LogP contribution in [-0.2, 0) is 10.0 Å². The molecular weight excluding hydrogens is 421 g/mol. The predicted octanol–water partition coefficient (Wildman–Crippen LogP) is 4.27. The fourth-order valence-electron chi connectivity index (χ4n) is 3.03. The highest BCUT2D eigenvalue weighted by atomic mass is 32.2. The predicted molar refractivity (Wildman–Crippen MR) is 114 cm³/mol. The van der Waals surface area contributed by atoms with E-state index in [0.29, 0.717) is 0 Å². The van der Waals surface area contributed by atoms with Crippen molar-refractivity contribution in [2.45, 2.75) is 11.8 Å². The second kappa shape index (κ2) is 7.81. The maximum absolute atomic E-state index is 13.5. The van der Waals surface area contributed by atoms with Crippen molar-refractivity contribution < 1.29 is 22.0 Å². The molecule has 156 valence electrons. The first-order chi connectivity index (χ1) is 14.7. The molecule has 0 aliphatic heterocycles. The van der Waals surface area contributed by atoms with Crippen LogP contribution in [0.3, 0.4) is 0 Å². The summed E-state index contributed by atoms with van der Waals surface area (Å²) in [6, 6.07) is 16.9. The van der Waals surface area contributed by atoms with Gasteiger partial charge in [0, 0.05) is 16.6 Å². The Morgan fingerprint density at radius 3 is 2.29 bits per heavy atom. The van der Waals surface area contributed by atoms with Gasteiger partial charge in [-0.1, -0.05) is 17.7 Å². The Kier molecular flexibility index (Phi) is 5.16. The van der Waals surface area contributed by atoms with Crippen LogP contribution in [0.5, 0.6) is 0 Å². The largest absolute Gasteiger partial charge is 0.422 e. The van der Waals surface area contributed by atoms with Crippen LogP contribution in [0, 0.1) is 12.7 Å². The molecule has 4 aromatic rings. The van der Waals surface area contributed by atoms with Crippen LogP contribution >= 0.6 is 0 Å². The number of benzene rings is 3. The van der Waals surface area contributed by atoms with E-state index in [1.807, 2.05) is 6.92 Å². The van der Waals surface area contributed by atoms with Crippen LogP contribution in [-0.4, -0.2) is 14.2 Å². The molecule has 0 radical (unpaired) electrons. The van der Waals surface area contributed by atoms with Gasteiger partial charge in [-0.15, -0.1) is 0 Å². The molecule has 0 unspecified atom stereocenters. The van der Waals surface area contributed by atoms with E-state index in [-0.39, 0.29) is 32.7 Å². The van der Waals surface area contributed by atoms with E-state index in [1.54, 1.807) is 12.1 Å². The summed E-state index contributed by atoms with van der Waals surface area (Å²) in [5, 5.41) is 0.283. The number of aryl methyl sites for hydroxylation is 1. The van der Waals surface area contributed by atoms with Crippen LogP contribution < -0.4 is 10.3 Å². The van der Waals surface area contributed by atoms with Gasteiger partial charge < -0.3 is 4.42 Å². The molecule has 0 aliphatic carbocycles. The molecule has 0 bridgehead atoms. The van der Waals surface area contributed by atoms with Gasteiger partial charge in [-0.3, -0.25) is 9.52 Å². The summed E-state index contributed by atoms with van der Waals surface area (Å²) >= 11 is 0. The monoisotopic (exact) mass is 437 g/mol. The third kappa shape index (κ3) is 4.24. The second-order valence-electron chi connectivity index (χ2n) is 6.95. The molecule has 3 aromatic carbocycles. The third-order valence-corrected chi connectivity index (χ3v) is 6.07. The highest BCUT2D eigenvalue weighted by Gasteiger charge is 2.18. The van der Waals surface area contributed by atoms with Gasteiger partial charge in [-0.2, -0.15) is 0 Å². The number of sulfonamides is 1. The Morgan fingerprint density at radius 2 is 1.61 bits per heavy atom. The number of anilines is 1. The lowest BCUT2D eigenvalue weighted by atomic mass is 10.0. The summed E-state index contributed by atoms with van der Waals surface area (Å²) in [4.78, 5) is 25.1. The van der Waals surface area contributed by atoms with Crippen molar-refractivity contribution in [3.8, 4) is 0 Å². The molecule has 0 spiro atoms. The molecule has 8 heteroatoms. The van der Waals surface area contributed by atoms with Crippen molar-refractivity contribution in [2.75, 3.05) is 4.72 Å². The summed E-state index contributed by atoms with van der Waals surface area (Å²) in [6.45, 7) is 1.85. The molecule has 31 heavy (non-hydrogen) atoms. The van der Waals surface area contributed by atoms with Crippen molar-refractivity contribution in [1.82, 2.24) is 0 Å². The minimum absolute atomic E-state index is 0.110. The molecule has 1 aromatic heterocycles. The van der Waals surface area contributed by atoms with Crippen LogP contribution in [0.15, 0.2) is 86.9 Å². The first kappa shape index (κ1) is 20.5. The van der Waals surface area contributed by atoms with Gasteiger partial charge in [-0.05, 0) is 67.6 Å². The zero-order valence-corrected chi connectivity index (χ0v) is 17.1. The van der Waals surface area contributed by atoms with Gasteiger partial charge >= 0.3 is 5.63 Å². The van der Waals surface area contributed by atoms with Gasteiger partial charge in [0.25, 0.3) is 10.0 Å². The van der Waals surface area contributed by atoms with Crippen molar-refractivity contribution in [3.05, 3.63) is 106 Å². The first-order valence-corrected chi connectivity index (χ1v) is 10.7. The summed E-state index contributed by atoms with van der Waals surface area (Å²) < 4.78 is 46.0. The maximum Gasteiger partial charge on any atom is 0.347 e. The molecule has 0 saturated heterocycles. The smallest absolute Gasteiger partial charge is 0.347 e. The fourth-order valence-corrected chi connectivity index (χ4v) is 4.09. The van der Waals surface area contributed by atoms with Crippen LogP contribution in [0.4, 0.5) is 10.1 Å². The second-order valence-corrected chi connectivity index (χ2v) is 8.64. The number of nitrogens with one attached hydrogen (secondary N) is 1. The molecule has 4 rings (SSSR count). The lowest BCUT2D eigenvalue weighted by Gasteiger charge is -2.09. The minimum atomic E-state index is -3.79. The third-order valence-electron chi connectivity index (χ3n) is 4.67. The number of rotatable bonds is 5. The molecule has 0 amide bonds. The lowest BCUT2D eigenvalue weighted by Crippen LogP contribution is -2.15. The van der Waals surface area contributed by atoms with Gasteiger partial charge in [0.15, 0.2) is 5.78 Å². The Labute approximate surface area is 177 Å². The Balaban J connectivity index is 1.60. The Hall–Kier alpha value is -3.78. The van der Waals surface area contributed by atoms with Crippen LogP contribution in [0.25, 0.3) is 11.0 Å². The molecule has 1 heterocycles. The fraction of sp³-hybridized carbons (Fsp3) is 0.0435. The summed E-state index contributed by atoms with van der Waals surface area (Å²) in [5.41, 5.74) is 0.428. The van der Waals surface area contributed by atoms with Crippen LogP contribution in [0.1, 0.15) is 21.5 Å². The molecule has 1 N–H and O–H groups in total. The lowest BCUT2D eigenvalue weighted by molar-refractivity contribution is 0.103. The molecule has 0 aliphatic rings. The minimum Gasteiger partial charge on any atom is -0.422 e. The normalized spacial score (nSPS) is 11.4. The van der Waals surface area contributed by atoms with Crippen molar-refractivity contribution in [1.29, 1.82) is 0 Å². The molecule has 6 nitrogen and oxygen atoms in total. The average molecular weight is 437 g/mol. The number of hydrogen-bond acceptors (Lipinski definition) is 5. The number of hydrogen-bond donors (Lipinski definition) is 1.